The summed E-state index contributed by atoms with van der Waals surface area (Å²) >= 11 is 0. The molecule has 5 nitrogen and oxygen atoms in total. The molecule has 0 radical (unpaired) electrons. The number of halogens is 3. The van der Waals surface area contributed by atoms with E-state index >= 15 is 0 Å². The standard InChI is InChI=1S/C10H15F3N2O3/c1-14(6-10(11,12)13)8(16)5-15-4-2-3-7(15)9(17)18/h7H,2-6H2,1H3,(H,17,18). The van der Waals surface area contributed by atoms with Crippen molar-refractivity contribution in [3.05, 3.63) is 0 Å². The summed E-state index contributed by atoms with van der Waals surface area (Å²) in [4.78, 5) is 24.3. The number of carboxylic acids is 1. The van der Waals surface area contributed by atoms with E-state index < -0.39 is 30.6 Å². The minimum absolute atomic E-state index is 0.288. The van der Waals surface area contributed by atoms with Crippen LogP contribution in [0.25, 0.3) is 0 Å². The van der Waals surface area contributed by atoms with Gasteiger partial charge in [-0.1, -0.05) is 0 Å². The summed E-state index contributed by atoms with van der Waals surface area (Å²) in [6.45, 7) is -1.19. The SMILES string of the molecule is CN(CC(F)(F)F)C(=O)CN1CCCC1C(=O)O. The Kier molecular flexibility index (Phi) is 4.55. The summed E-state index contributed by atoms with van der Waals surface area (Å²) in [5, 5.41) is 8.88. The van der Waals surface area contributed by atoms with Gasteiger partial charge in [0.1, 0.15) is 12.6 Å². The topological polar surface area (TPSA) is 60.9 Å². The van der Waals surface area contributed by atoms with Gasteiger partial charge in [0.05, 0.1) is 6.54 Å². The summed E-state index contributed by atoms with van der Waals surface area (Å²) in [5.74, 6) is -1.76. The second-order valence-electron chi connectivity index (χ2n) is 4.33. The maximum Gasteiger partial charge on any atom is 0.406 e. The molecule has 1 heterocycles. The molecule has 1 rings (SSSR count). The number of hydrogen-bond donors (Lipinski definition) is 1. The second-order valence-corrected chi connectivity index (χ2v) is 4.33. The maximum atomic E-state index is 12.1. The van der Waals surface area contributed by atoms with E-state index in [-0.39, 0.29) is 6.54 Å². The zero-order chi connectivity index (χ0) is 13.9. The van der Waals surface area contributed by atoms with E-state index in [1.807, 2.05) is 0 Å². The van der Waals surface area contributed by atoms with E-state index in [0.29, 0.717) is 24.3 Å². The van der Waals surface area contributed by atoms with Crippen LogP contribution in [-0.4, -0.2) is 65.7 Å². The first kappa shape index (κ1) is 14.7. The molecule has 0 spiro atoms. The van der Waals surface area contributed by atoms with Crippen molar-refractivity contribution in [3.63, 3.8) is 0 Å². The Morgan fingerprint density at radius 1 is 1.44 bits per heavy atom. The number of hydrogen-bond acceptors (Lipinski definition) is 3. The van der Waals surface area contributed by atoms with Crippen molar-refractivity contribution in [2.45, 2.75) is 25.1 Å². The van der Waals surface area contributed by atoms with E-state index in [1.54, 1.807) is 0 Å². The molecular weight excluding hydrogens is 253 g/mol. The van der Waals surface area contributed by atoms with Crippen LogP contribution in [0.3, 0.4) is 0 Å². The molecule has 1 fully saturated rings. The smallest absolute Gasteiger partial charge is 0.406 e. The molecule has 0 aliphatic carbocycles. The molecule has 104 valence electrons. The van der Waals surface area contributed by atoms with Crippen molar-refractivity contribution in [1.82, 2.24) is 9.80 Å². The van der Waals surface area contributed by atoms with Crippen LogP contribution < -0.4 is 0 Å². The molecule has 1 aliphatic rings. The molecule has 0 bridgehead atoms. The van der Waals surface area contributed by atoms with Gasteiger partial charge in [-0.15, -0.1) is 0 Å². The zero-order valence-corrected chi connectivity index (χ0v) is 9.90. The Labute approximate surface area is 102 Å². The maximum absolute atomic E-state index is 12.1. The molecule has 1 aliphatic heterocycles. The Balaban J connectivity index is 2.51. The molecule has 0 saturated carbocycles. The van der Waals surface area contributed by atoms with Crippen LogP contribution in [0, 0.1) is 0 Å². The molecule has 1 amide bonds. The van der Waals surface area contributed by atoms with Crippen LogP contribution in [0.4, 0.5) is 13.2 Å². The monoisotopic (exact) mass is 268 g/mol. The average Bonchev–Trinajstić information content (AvgIpc) is 2.62. The van der Waals surface area contributed by atoms with Gasteiger partial charge in [0, 0.05) is 7.05 Å². The van der Waals surface area contributed by atoms with Crippen LogP contribution >= 0.6 is 0 Å². The largest absolute Gasteiger partial charge is 0.480 e. The van der Waals surface area contributed by atoms with Gasteiger partial charge in [-0.3, -0.25) is 14.5 Å². The predicted molar refractivity (Wildman–Crippen MR) is 55.9 cm³/mol. The van der Waals surface area contributed by atoms with Gasteiger partial charge in [-0.25, -0.2) is 0 Å². The van der Waals surface area contributed by atoms with E-state index in [0.717, 1.165) is 7.05 Å². The first-order chi connectivity index (χ1) is 8.20. The van der Waals surface area contributed by atoms with Gasteiger partial charge in [0.2, 0.25) is 5.91 Å². The Hall–Kier alpha value is -1.31. The molecular formula is C10H15F3N2O3. The van der Waals surface area contributed by atoms with Crippen molar-refractivity contribution in [1.29, 1.82) is 0 Å². The highest BCUT2D eigenvalue weighted by atomic mass is 19.4. The minimum Gasteiger partial charge on any atom is -0.480 e. The van der Waals surface area contributed by atoms with Crippen LogP contribution in [0.2, 0.25) is 0 Å². The minimum atomic E-state index is -4.44. The fourth-order valence-corrected chi connectivity index (χ4v) is 1.95. The number of carbonyl (C=O) groups is 2. The molecule has 1 saturated heterocycles. The second kappa shape index (κ2) is 5.55. The number of nitrogens with zero attached hydrogens (tertiary/aromatic N) is 2. The lowest BCUT2D eigenvalue weighted by atomic mass is 10.2. The van der Waals surface area contributed by atoms with Crippen LogP contribution in [0.5, 0.6) is 0 Å². The van der Waals surface area contributed by atoms with Gasteiger partial charge in [-0.05, 0) is 19.4 Å². The third kappa shape index (κ3) is 4.17. The number of likely N-dealkylation sites (N-methyl/N-ethyl adjacent to an activating group) is 1. The van der Waals surface area contributed by atoms with E-state index in [9.17, 15) is 22.8 Å². The molecule has 1 atom stereocenters. The van der Waals surface area contributed by atoms with Gasteiger partial charge in [0.25, 0.3) is 0 Å². The summed E-state index contributed by atoms with van der Waals surface area (Å²) in [5.41, 5.74) is 0. The van der Waals surface area contributed by atoms with Crippen LogP contribution in [0.15, 0.2) is 0 Å². The molecule has 18 heavy (non-hydrogen) atoms. The highest BCUT2D eigenvalue weighted by Crippen LogP contribution is 2.19. The highest BCUT2D eigenvalue weighted by Gasteiger charge is 2.35. The van der Waals surface area contributed by atoms with Crippen LogP contribution in [0.1, 0.15) is 12.8 Å². The number of rotatable bonds is 4. The average molecular weight is 268 g/mol. The van der Waals surface area contributed by atoms with E-state index in [1.165, 1.54) is 4.90 Å². The number of carboxylic acid groups (broad SMARTS) is 1. The van der Waals surface area contributed by atoms with Crippen molar-refractivity contribution < 1.29 is 27.9 Å². The van der Waals surface area contributed by atoms with Crippen molar-refractivity contribution >= 4 is 11.9 Å². The number of alkyl halides is 3. The van der Waals surface area contributed by atoms with E-state index in [2.05, 4.69) is 0 Å². The fourth-order valence-electron chi connectivity index (χ4n) is 1.95. The molecule has 0 aromatic rings. The summed E-state index contributed by atoms with van der Waals surface area (Å²) in [7, 11) is 1.06. The van der Waals surface area contributed by atoms with Crippen molar-refractivity contribution in [2.24, 2.45) is 0 Å². The fraction of sp³-hybridized carbons (Fsp3) is 0.800. The Bertz CT molecular complexity index is 333. The summed E-state index contributed by atoms with van der Waals surface area (Å²) in [6.07, 6.45) is -3.39. The molecule has 1 unspecified atom stereocenters. The van der Waals surface area contributed by atoms with Crippen molar-refractivity contribution in [3.8, 4) is 0 Å². The van der Waals surface area contributed by atoms with Gasteiger partial charge < -0.3 is 10.0 Å². The van der Waals surface area contributed by atoms with Gasteiger partial charge >= 0.3 is 12.1 Å². The predicted octanol–water partition coefficient (Wildman–Crippen LogP) is 0.556. The van der Waals surface area contributed by atoms with Gasteiger partial charge in [-0.2, -0.15) is 13.2 Å². The lowest BCUT2D eigenvalue weighted by molar-refractivity contribution is -0.159. The Morgan fingerprint density at radius 3 is 2.56 bits per heavy atom. The van der Waals surface area contributed by atoms with Gasteiger partial charge in [0.15, 0.2) is 0 Å². The lowest BCUT2D eigenvalue weighted by Crippen LogP contribution is -2.45. The molecule has 0 aromatic carbocycles. The lowest BCUT2D eigenvalue weighted by Gasteiger charge is -2.24. The number of aliphatic carboxylic acids is 1. The van der Waals surface area contributed by atoms with Crippen LogP contribution in [-0.2, 0) is 9.59 Å². The molecule has 1 N–H and O–H groups in total. The van der Waals surface area contributed by atoms with Crippen molar-refractivity contribution in [2.75, 3.05) is 26.7 Å². The summed E-state index contributed by atoms with van der Waals surface area (Å²) in [6, 6.07) is -0.770. The zero-order valence-electron chi connectivity index (χ0n) is 9.90. The first-order valence-electron chi connectivity index (χ1n) is 5.48. The first-order valence-corrected chi connectivity index (χ1v) is 5.48. The summed E-state index contributed by atoms with van der Waals surface area (Å²) < 4.78 is 36.2. The molecule has 0 aromatic heterocycles. The third-order valence-corrected chi connectivity index (χ3v) is 2.83. The van der Waals surface area contributed by atoms with E-state index in [4.69, 9.17) is 5.11 Å². The molecule has 8 heteroatoms. The number of amides is 1. The number of carbonyl (C=O) groups excluding carboxylic acids is 1. The third-order valence-electron chi connectivity index (χ3n) is 2.83. The Morgan fingerprint density at radius 2 is 2.06 bits per heavy atom. The normalized spacial score (nSPS) is 21.0. The quantitative estimate of drug-likeness (QED) is 0.809. The number of likely N-dealkylation sites (tertiary alicyclic amines) is 1. The highest BCUT2D eigenvalue weighted by molar-refractivity contribution is 5.80.